The zero-order chi connectivity index (χ0) is 16.1. The van der Waals surface area contributed by atoms with E-state index >= 15 is 0 Å². The highest BCUT2D eigenvalue weighted by Gasteiger charge is 2.25. The van der Waals surface area contributed by atoms with Crippen molar-refractivity contribution in [2.24, 2.45) is 5.10 Å². The van der Waals surface area contributed by atoms with Crippen LogP contribution in [0.25, 0.3) is 0 Å². The van der Waals surface area contributed by atoms with E-state index in [-0.39, 0.29) is 17.9 Å². The second-order valence-corrected chi connectivity index (χ2v) is 5.82. The number of hydrogen-bond donors (Lipinski definition) is 1. The molecule has 3 rings (SSSR count). The third-order valence-electron chi connectivity index (χ3n) is 4.20. The van der Waals surface area contributed by atoms with Crippen LogP contribution in [0.2, 0.25) is 0 Å². The Labute approximate surface area is 135 Å². The van der Waals surface area contributed by atoms with Crippen LogP contribution in [0.3, 0.4) is 0 Å². The molecular formula is C17H21N3O3. The summed E-state index contributed by atoms with van der Waals surface area (Å²) in [5, 5.41) is 4.01. The van der Waals surface area contributed by atoms with Crippen LogP contribution < -0.4 is 5.43 Å². The van der Waals surface area contributed by atoms with Crippen LogP contribution in [0.5, 0.6) is 0 Å². The van der Waals surface area contributed by atoms with Gasteiger partial charge in [0, 0.05) is 25.1 Å². The Balaban J connectivity index is 1.52. The fourth-order valence-electron chi connectivity index (χ4n) is 2.85. The summed E-state index contributed by atoms with van der Waals surface area (Å²) in [5.41, 5.74) is 4.46. The zero-order valence-corrected chi connectivity index (χ0v) is 13.0. The number of benzene rings is 1. The molecule has 1 atom stereocenters. The fraction of sp³-hybridized carbons (Fsp3) is 0.471. The zero-order valence-electron chi connectivity index (χ0n) is 13.0. The van der Waals surface area contributed by atoms with E-state index in [1.807, 2.05) is 35.2 Å². The van der Waals surface area contributed by atoms with E-state index < -0.39 is 0 Å². The molecule has 2 heterocycles. The molecule has 0 aromatic heterocycles. The highest BCUT2D eigenvalue weighted by atomic mass is 16.5. The van der Waals surface area contributed by atoms with Gasteiger partial charge in [0.15, 0.2) is 0 Å². The van der Waals surface area contributed by atoms with E-state index in [1.165, 1.54) is 0 Å². The highest BCUT2D eigenvalue weighted by molar-refractivity contribution is 5.94. The Morgan fingerprint density at radius 3 is 2.87 bits per heavy atom. The van der Waals surface area contributed by atoms with Crippen molar-refractivity contribution in [3.05, 3.63) is 35.9 Å². The minimum absolute atomic E-state index is 0.0554. The first kappa shape index (κ1) is 15.7. The lowest BCUT2D eigenvalue weighted by Gasteiger charge is -2.33. The third-order valence-corrected chi connectivity index (χ3v) is 4.20. The number of carbonyl (C=O) groups excluding carboxylic acids is 2. The van der Waals surface area contributed by atoms with Crippen molar-refractivity contribution in [1.29, 1.82) is 0 Å². The van der Waals surface area contributed by atoms with Crippen LogP contribution in [-0.4, -0.2) is 42.1 Å². The van der Waals surface area contributed by atoms with Gasteiger partial charge in [0.2, 0.25) is 11.8 Å². The van der Waals surface area contributed by atoms with Gasteiger partial charge in [0.05, 0.1) is 13.2 Å². The summed E-state index contributed by atoms with van der Waals surface area (Å²) in [7, 11) is 0. The minimum Gasteiger partial charge on any atom is -0.370 e. The van der Waals surface area contributed by atoms with Gasteiger partial charge in [0.1, 0.15) is 6.10 Å². The van der Waals surface area contributed by atoms with Gasteiger partial charge in [-0.25, -0.2) is 5.43 Å². The number of hydrazone groups is 1. The smallest absolute Gasteiger partial charge is 0.240 e. The summed E-state index contributed by atoms with van der Waals surface area (Å²) in [6, 6.07) is 9.99. The number of amides is 2. The highest BCUT2D eigenvalue weighted by Crippen LogP contribution is 2.22. The Hall–Kier alpha value is -2.21. The second kappa shape index (κ2) is 7.37. The van der Waals surface area contributed by atoms with Gasteiger partial charge in [-0.3, -0.25) is 9.59 Å². The van der Waals surface area contributed by atoms with Crippen LogP contribution >= 0.6 is 0 Å². The third kappa shape index (κ3) is 4.16. The van der Waals surface area contributed by atoms with E-state index in [4.69, 9.17) is 4.74 Å². The van der Waals surface area contributed by atoms with Gasteiger partial charge >= 0.3 is 0 Å². The number of hydrogen-bond acceptors (Lipinski definition) is 4. The van der Waals surface area contributed by atoms with E-state index in [9.17, 15) is 9.59 Å². The Morgan fingerprint density at radius 1 is 1.30 bits per heavy atom. The van der Waals surface area contributed by atoms with Gasteiger partial charge in [-0.15, -0.1) is 0 Å². The fourth-order valence-corrected chi connectivity index (χ4v) is 2.85. The molecule has 2 aliphatic heterocycles. The first-order chi connectivity index (χ1) is 11.2. The van der Waals surface area contributed by atoms with Gasteiger partial charge in [-0.05, 0) is 18.4 Å². The predicted octanol–water partition coefficient (Wildman–Crippen LogP) is 1.63. The molecule has 2 aliphatic rings. The molecule has 1 aromatic carbocycles. The topological polar surface area (TPSA) is 71.0 Å². The molecule has 0 aliphatic carbocycles. The molecule has 23 heavy (non-hydrogen) atoms. The maximum absolute atomic E-state index is 12.4. The molecule has 0 bridgehead atoms. The van der Waals surface area contributed by atoms with Crippen LogP contribution in [0.15, 0.2) is 35.4 Å². The lowest BCUT2D eigenvalue weighted by atomic mass is 10.1. The Bertz CT molecular complexity index is 600. The summed E-state index contributed by atoms with van der Waals surface area (Å²) in [6.45, 7) is 1.78. The Morgan fingerprint density at radius 2 is 2.13 bits per heavy atom. The number of morpholine rings is 1. The molecule has 1 aromatic rings. The molecule has 2 amide bonds. The molecular weight excluding hydrogens is 294 g/mol. The SMILES string of the molecule is O=C1CCC(CCC(=O)N2CCO[C@@H](c3ccccc3)C2)=NN1. The molecule has 1 fully saturated rings. The molecule has 6 nitrogen and oxygen atoms in total. The van der Waals surface area contributed by atoms with Crippen molar-refractivity contribution in [3.63, 3.8) is 0 Å². The van der Waals surface area contributed by atoms with Gasteiger partial charge < -0.3 is 9.64 Å². The summed E-state index contributed by atoms with van der Waals surface area (Å²) in [6.07, 6.45) is 2.08. The normalized spacial score (nSPS) is 21.6. The monoisotopic (exact) mass is 315 g/mol. The minimum atomic E-state index is -0.0565. The van der Waals surface area contributed by atoms with E-state index in [0.29, 0.717) is 45.4 Å². The van der Waals surface area contributed by atoms with Crippen LogP contribution in [0.4, 0.5) is 0 Å². The second-order valence-electron chi connectivity index (χ2n) is 5.82. The maximum atomic E-state index is 12.4. The van der Waals surface area contributed by atoms with E-state index in [0.717, 1.165) is 11.3 Å². The predicted molar refractivity (Wildman–Crippen MR) is 85.8 cm³/mol. The number of nitrogens with one attached hydrogen (secondary N) is 1. The van der Waals surface area contributed by atoms with Crippen molar-refractivity contribution < 1.29 is 14.3 Å². The van der Waals surface area contributed by atoms with Crippen LogP contribution in [-0.2, 0) is 14.3 Å². The number of rotatable bonds is 4. The molecule has 1 N–H and O–H groups in total. The van der Waals surface area contributed by atoms with Crippen molar-refractivity contribution in [1.82, 2.24) is 10.3 Å². The van der Waals surface area contributed by atoms with Gasteiger partial charge in [-0.2, -0.15) is 5.10 Å². The van der Waals surface area contributed by atoms with Gasteiger partial charge in [-0.1, -0.05) is 30.3 Å². The van der Waals surface area contributed by atoms with E-state index in [2.05, 4.69) is 10.5 Å². The Kier molecular flexibility index (Phi) is 5.02. The summed E-state index contributed by atoms with van der Waals surface area (Å²) in [5.74, 6) is 0.0628. The average Bonchev–Trinajstić information content (AvgIpc) is 2.62. The first-order valence-electron chi connectivity index (χ1n) is 8.01. The van der Waals surface area contributed by atoms with Crippen molar-refractivity contribution in [3.8, 4) is 0 Å². The van der Waals surface area contributed by atoms with E-state index in [1.54, 1.807) is 0 Å². The van der Waals surface area contributed by atoms with Crippen LogP contribution in [0.1, 0.15) is 37.4 Å². The summed E-state index contributed by atoms with van der Waals surface area (Å²) < 4.78 is 5.79. The molecule has 122 valence electrons. The van der Waals surface area contributed by atoms with Crippen molar-refractivity contribution in [2.45, 2.75) is 31.8 Å². The molecule has 6 heteroatoms. The molecule has 0 unspecified atom stereocenters. The van der Waals surface area contributed by atoms with Crippen molar-refractivity contribution in [2.75, 3.05) is 19.7 Å². The quantitative estimate of drug-likeness (QED) is 0.918. The molecule has 0 radical (unpaired) electrons. The molecule has 0 saturated carbocycles. The number of carbonyl (C=O) groups is 2. The largest absolute Gasteiger partial charge is 0.370 e. The van der Waals surface area contributed by atoms with Gasteiger partial charge in [0.25, 0.3) is 0 Å². The van der Waals surface area contributed by atoms with Crippen LogP contribution in [0, 0.1) is 0 Å². The van der Waals surface area contributed by atoms with Crippen molar-refractivity contribution >= 4 is 17.5 Å². The maximum Gasteiger partial charge on any atom is 0.240 e. The average molecular weight is 315 g/mol. The number of nitrogens with zero attached hydrogens (tertiary/aromatic N) is 2. The lowest BCUT2D eigenvalue weighted by Crippen LogP contribution is -2.42. The lowest BCUT2D eigenvalue weighted by molar-refractivity contribution is -0.138. The standard InChI is InChI=1S/C17H21N3O3/c21-16-8-6-14(18-19-16)7-9-17(22)20-10-11-23-15(12-20)13-4-2-1-3-5-13/h1-5,15H,6-12H2,(H,19,21)/t15-/m1/s1. The summed E-state index contributed by atoms with van der Waals surface area (Å²) in [4.78, 5) is 25.3. The molecule has 1 saturated heterocycles. The first-order valence-corrected chi connectivity index (χ1v) is 8.01. The number of ether oxygens (including phenoxy) is 1. The summed E-state index contributed by atoms with van der Waals surface area (Å²) >= 11 is 0. The molecule has 0 spiro atoms.